The Labute approximate surface area is 119 Å². The van der Waals surface area contributed by atoms with Crippen molar-refractivity contribution in [2.45, 2.75) is 50.0 Å². The fourth-order valence-electron chi connectivity index (χ4n) is 2.91. The van der Waals surface area contributed by atoms with Crippen LogP contribution in [0.4, 0.5) is 10.1 Å². The van der Waals surface area contributed by atoms with E-state index in [9.17, 15) is 12.8 Å². The van der Waals surface area contributed by atoms with Gasteiger partial charge in [-0.15, -0.1) is 0 Å². The van der Waals surface area contributed by atoms with E-state index >= 15 is 0 Å². The molecule has 0 heterocycles. The molecule has 112 valence electrons. The van der Waals surface area contributed by atoms with Gasteiger partial charge in [0, 0.05) is 12.6 Å². The molecular weight excluding hydrogens is 279 g/mol. The third-order valence-corrected chi connectivity index (χ3v) is 5.98. The molecule has 1 aliphatic rings. The van der Waals surface area contributed by atoms with Crippen LogP contribution in [0.15, 0.2) is 23.1 Å². The lowest BCUT2D eigenvalue weighted by atomic mass is 9.95. The van der Waals surface area contributed by atoms with E-state index in [0.717, 1.165) is 38.2 Å². The van der Waals surface area contributed by atoms with E-state index in [-0.39, 0.29) is 16.6 Å². The Morgan fingerprint density at radius 2 is 1.95 bits per heavy atom. The van der Waals surface area contributed by atoms with Gasteiger partial charge in [-0.3, -0.25) is 0 Å². The summed E-state index contributed by atoms with van der Waals surface area (Å²) in [6, 6.07) is 3.93. The lowest BCUT2D eigenvalue weighted by Crippen LogP contribution is -2.41. The van der Waals surface area contributed by atoms with Crippen LogP contribution in [0.5, 0.6) is 0 Å². The molecule has 0 unspecified atom stereocenters. The normalized spacial score (nSPS) is 17.6. The summed E-state index contributed by atoms with van der Waals surface area (Å²) in [5.41, 5.74) is 5.66. The van der Waals surface area contributed by atoms with Crippen LogP contribution in [-0.2, 0) is 10.0 Å². The van der Waals surface area contributed by atoms with Gasteiger partial charge < -0.3 is 5.73 Å². The molecule has 0 atom stereocenters. The number of rotatable bonds is 4. The van der Waals surface area contributed by atoms with E-state index in [4.69, 9.17) is 5.73 Å². The number of nitrogens with zero attached hydrogens (tertiary/aromatic N) is 1. The molecule has 1 aromatic rings. The smallest absolute Gasteiger partial charge is 0.248 e. The number of hydrogen-bond acceptors (Lipinski definition) is 3. The van der Waals surface area contributed by atoms with Gasteiger partial charge in [-0.05, 0) is 25.0 Å². The SMILES string of the molecule is CCN(C1CCCCC1)S(=O)(=O)c1c(N)cccc1F. The number of sulfonamides is 1. The number of hydrogen-bond donors (Lipinski definition) is 1. The van der Waals surface area contributed by atoms with Crippen LogP contribution in [0.3, 0.4) is 0 Å². The highest BCUT2D eigenvalue weighted by Gasteiger charge is 2.34. The lowest BCUT2D eigenvalue weighted by molar-refractivity contribution is 0.260. The first-order chi connectivity index (χ1) is 9.48. The van der Waals surface area contributed by atoms with E-state index < -0.39 is 15.8 Å². The molecule has 4 nitrogen and oxygen atoms in total. The summed E-state index contributed by atoms with van der Waals surface area (Å²) in [4.78, 5) is -0.382. The largest absolute Gasteiger partial charge is 0.398 e. The predicted molar refractivity (Wildman–Crippen MR) is 77.3 cm³/mol. The molecule has 0 radical (unpaired) electrons. The number of anilines is 1. The van der Waals surface area contributed by atoms with Crippen LogP contribution >= 0.6 is 0 Å². The molecule has 1 saturated carbocycles. The Kier molecular flexibility index (Phi) is 4.65. The number of nitrogens with two attached hydrogens (primary N) is 1. The zero-order chi connectivity index (χ0) is 14.8. The molecular formula is C14H21FN2O2S. The molecule has 20 heavy (non-hydrogen) atoms. The summed E-state index contributed by atoms with van der Waals surface area (Å²) in [6.07, 6.45) is 4.84. The molecule has 1 fully saturated rings. The van der Waals surface area contributed by atoms with Gasteiger partial charge in [-0.2, -0.15) is 4.31 Å². The Morgan fingerprint density at radius 1 is 1.30 bits per heavy atom. The Balaban J connectivity index is 2.41. The molecule has 0 bridgehead atoms. The van der Waals surface area contributed by atoms with Gasteiger partial charge in [0.1, 0.15) is 10.7 Å². The summed E-state index contributed by atoms with van der Waals surface area (Å²) in [6.45, 7) is 2.12. The second kappa shape index (κ2) is 6.10. The topological polar surface area (TPSA) is 63.4 Å². The number of nitrogen functional groups attached to an aromatic ring is 1. The van der Waals surface area contributed by atoms with E-state index in [1.807, 2.05) is 0 Å². The summed E-state index contributed by atoms with van der Waals surface area (Å²) >= 11 is 0. The van der Waals surface area contributed by atoms with E-state index in [1.165, 1.54) is 16.4 Å². The van der Waals surface area contributed by atoms with Gasteiger partial charge in [0.2, 0.25) is 10.0 Å². The average molecular weight is 300 g/mol. The van der Waals surface area contributed by atoms with Crippen LogP contribution in [0.25, 0.3) is 0 Å². The second-order valence-electron chi connectivity index (χ2n) is 5.16. The van der Waals surface area contributed by atoms with Gasteiger partial charge in [-0.1, -0.05) is 32.3 Å². The molecule has 1 aliphatic carbocycles. The maximum absolute atomic E-state index is 13.9. The van der Waals surface area contributed by atoms with Gasteiger partial charge in [0.05, 0.1) is 5.69 Å². The third kappa shape index (κ3) is 2.81. The van der Waals surface area contributed by atoms with Crippen LogP contribution in [0.2, 0.25) is 0 Å². The van der Waals surface area contributed by atoms with Crippen LogP contribution < -0.4 is 5.73 Å². The molecule has 6 heteroatoms. The molecule has 0 spiro atoms. The fourth-order valence-corrected chi connectivity index (χ4v) is 4.77. The fraction of sp³-hybridized carbons (Fsp3) is 0.571. The van der Waals surface area contributed by atoms with Crippen molar-refractivity contribution in [3.8, 4) is 0 Å². The second-order valence-corrected chi connectivity index (χ2v) is 6.99. The van der Waals surface area contributed by atoms with E-state index in [1.54, 1.807) is 6.92 Å². The molecule has 0 aromatic heterocycles. The molecule has 0 saturated heterocycles. The maximum atomic E-state index is 13.9. The molecule has 2 rings (SSSR count). The first-order valence-corrected chi connectivity index (χ1v) is 8.48. The number of halogens is 1. The minimum atomic E-state index is -3.88. The Hall–Kier alpha value is -1.14. The van der Waals surface area contributed by atoms with Gasteiger partial charge in [0.15, 0.2) is 0 Å². The van der Waals surface area contributed by atoms with Gasteiger partial charge in [0.25, 0.3) is 0 Å². The van der Waals surface area contributed by atoms with Crippen molar-refractivity contribution < 1.29 is 12.8 Å². The Bertz CT molecular complexity index is 548. The van der Waals surface area contributed by atoms with Crippen molar-refractivity contribution in [1.29, 1.82) is 0 Å². The van der Waals surface area contributed by atoms with Crippen LogP contribution in [0, 0.1) is 5.82 Å². The molecule has 2 N–H and O–H groups in total. The van der Waals surface area contributed by atoms with Crippen molar-refractivity contribution in [2.24, 2.45) is 0 Å². The van der Waals surface area contributed by atoms with Gasteiger partial charge >= 0.3 is 0 Å². The average Bonchev–Trinajstić information content (AvgIpc) is 2.40. The summed E-state index contributed by atoms with van der Waals surface area (Å²) in [7, 11) is -3.88. The zero-order valence-corrected chi connectivity index (χ0v) is 12.5. The standard InChI is InChI=1S/C14H21FN2O2S/c1-2-17(11-7-4-3-5-8-11)20(18,19)14-12(15)9-6-10-13(14)16/h6,9-11H,2-5,7-8,16H2,1H3. The minimum Gasteiger partial charge on any atom is -0.398 e. The lowest BCUT2D eigenvalue weighted by Gasteiger charge is -2.32. The van der Waals surface area contributed by atoms with Crippen molar-refractivity contribution >= 4 is 15.7 Å². The van der Waals surface area contributed by atoms with Crippen molar-refractivity contribution in [3.63, 3.8) is 0 Å². The van der Waals surface area contributed by atoms with Crippen molar-refractivity contribution in [1.82, 2.24) is 4.31 Å². The molecule has 1 aromatic carbocycles. The highest BCUT2D eigenvalue weighted by molar-refractivity contribution is 7.89. The predicted octanol–water partition coefficient (Wildman–Crippen LogP) is 2.75. The van der Waals surface area contributed by atoms with Crippen molar-refractivity contribution in [3.05, 3.63) is 24.0 Å². The Morgan fingerprint density at radius 3 is 2.50 bits per heavy atom. The zero-order valence-electron chi connectivity index (χ0n) is 11.7. The molecule has 0 aliphatic heterocycles. The first kappa shape index (κ1) is 15.3. The maximum Gasteiger partial charge on any atom is 0.248 e. The van der Waals surface area contributed by atoms with Crippen LogP contribution in [-0.4, -0.2) is 25.3 Å². The summed E-state index contributed by atoms with van der Waals surface area (Å²) in [5, 5.41) is 0. The highest BCUT2D eigenvalue weighted by Crippen LogP contribution is 2.31. The monoisotopic (exact) mass is 300 g/mol. The number of benzene rings is 1. The third-order valence-electron chi connectivity index (χ3n) is 3.86. The minimum absolute atomic E-state index is 0.0285. The van der Waals surface area contributed by atoms with E-state index in [0.29, 0.717) is 6.54 Å². The molecule has 0 amide bonds. The first-order valence-electron chi connectivity index (χ1n) is 7.04. The summed E-state index contributed by atoms with van der Waals surface area (Å²) < 4.78 is 40.7. The van der Waals surface area contributed by atoms with Crippen molar-refractivity contribution in [2.75, 3.05) is 12.3 Å². The highest BCUT2D eigenvalue weighted by atomic mass is 32.2. The van der Waals surface area contributed by atoms with Crippen LogP contribution in [0.1, 0.15) is 39.0 Å². The van der Waals surface area contributed by atoms with Gasteiger partial charge in [-0.25, -0.2) is 12.8 Å². The quantitative estimate of drug-likeness (QED) is 0.870. The summed E-state index contributed by atoms with van der Waals surface area (Å²) in [5.74, 6) is -0.778. The van der Waals surface area contributed by atoms with E-state index in [2.05, 4.69) is 0 Å².